The normalized spacial score (nSPS) is 9.83. The van der Waals surface area contributed by atoms with Gasteiger partial charge in [-0.2, -0.15) is 4.80 Å². The first-order valence-electron chi connectivity index (χ1n) is 3.54. The van der Waals surface area contributed by atoms with E-state index in [1.54, 1.807) is 14.0 Å². The van der Waals surface area contributed by atoms with Gasteiger partial charge in [0.25, 0.3) is 0 Å². The van der Waals surface area contributed by atoms with Gasteiger partial charge in [0, 0.05) is 13.3 Å². The van der Waals surface area contributed by atoms with Crippen LogP contribution in [-0.2, 0) is 18.2 Å². The maximum Gasteiger partial charge on any atom is 0.178 e. The number of ether oxygens (including phenoxy) is 1. The van der Waals surface area contributed by atoms with Gasteiger partial charge in [-0.3, -0.25) is 0 Å². The molecule has 0 aliphatic heterocycles. The highest BCUT2D eigenvalue weighted by Gasteiger charge is 1.99. The van der Waals surface area contributed by atoms with Crippen LogP contribution in [-0.4, -0.2) is 31.9 Å². The molecule has 1 aromatic rings. The zero-order valence-corrected chi connectivity index (χ0v) is 7.84. The molecule has 0 radical (unpaired) electrons. The molecule has 0 spiro atoms. The molecule has 0 fully saturated rings. The lowest BCUT2D eigenvalue weighted by Gasteiger charge is -1.98. The summed E-state index contributed by atoms with van der Waals surface area (Å²) >= 11 is 4.73. The summed E-state index contributed by atoms with van der Waals surface area (Å²) < 4.78 is 5.07. The highest BCUT2D eigenvalue weighted by Crippen LogP contribution is 1.89. The standard InChI is InChI=1S/C6H10N4OS/c1-5(12)11-4-3-6-7-9-10(2)8-6/h3-4H2,1-2H3. The maximum atomic E-state index is 5.07. The first-order valence-corrected chi connectivity index (χ1v) is 3.95. The van der Waals surface area contributed by atoms with E-state index in [1.807, 2.05) is 0 Å². The second-order valence-corrected chi connectivity index (χ2v) is 2.86. The molecule has 0 bridgehead atoms. The molecule has 1 rings (SSSR count). The van der Waals surface area contributed by atoms with Crippen molar-refractivity contribution in [3.8, 4) is 0 Å². The fourth-order valence-electron chi connectivity index (χ4n) is 0.709. The van der Waals surface area contributed by atoms with E-state index >= 15 is 0 Å². The highest BCUT2D eigenvalue weighted by molar-refractivity contribution is 7.80. The van der Waals surface area contributed by atoms with Gasteiger partial charge >= 0.3 is 0 Å². The third-order valence-corrected chi connectivity index (χ3v) is 1.30. The Morgan fingerprint density at radius 1 is 1.67 bits per heavy atom. The van der Waals surface area contributed by atoms with Crippen LogP contribution in [0, 0.1) is 0 Å². The average Bonchev–Trinajstić information content (AvgIpc) is 2.35. The number of aryl methyl sites for hydroxylation is 1. The van der Waals surface area contributed by atoms with Gasteiger partial charge in [0.1, 0.15) is 0 Å². The van der Waals surface area contributed by atoms with E-state index in [9.17, 15) is 0 Å². The van der Waals surface area contributed by atoms with Crippen molar-refractivity contribution in [3.05, 3.63) is 5.82 Å². The molecule has 66 valence electrons. The molecule has 0 saturated heterocycles. The van der Waals surface area contributed by atoms with Crippen molar-refractivity contribution in [2.45, 2.75) is 13.3 Å². The molecular weight excluding hydrogens is 176 g/mol. The summed E-state index contributed by atoms with van der Waals surface area (Å²) in [6.45, 7) is 2.25. The molecule has 0 saturated carbocycles. The molecule has 0 atom stereocenters. The van der Waals surface area contributed by atoms with Crippen molar-refractivity contribution in [1.29, 1.82) is 0 Å². The molecule has 6 heteroatoms. The topological polar surface area (TPSA) is 52.8 Å². The predicted octanol–water partition coefficient (Wildman–Crippen LogP) is 0.117. The number of nitrogens with zero attached hydrogens (tertiary/aromatic N) is 4. The smallest absolute Gasteiger partial charge is 0.178 e. The fraction of sp³-hybridized carbons (Fsp3) is 0.667. The second-order valence-electron chi connectivity index (χ2n) is 2.29. The number of hydrogen-bond donors (Lipinski definition) is 0. The zero-order chi connectivity index (χ0) is 8.97. The van der Waals surface area contributed by atoms with Crippen LogP contribution in [0.4, 0.5) is 0 Å². The van der Waals surface area contributed by atoms with E-state index < -0.39 is 0 Å². The molecule has 12 heavy (non-hydrogen) atoms. The predicted molar refractivity (Wildman–Crippen MR) is 46.7 cm³/mol. The van der Waals surface area contributed by atoms with Crippen LogP contribution in [0.15, 0.2) is 0 Å². The lowest BCUT2D eigenvalue weighted by molar-refractivity contribution is 0.312. The largest absolute Gasteiger partial charge is 0.487 e. The van der Waals surface area contributed by atoms with Crippen molar-refractivity contribution in [2.24, 2.45) is 7.05 Å². The molecule has 0 aromatic carbocycles. The monoisotopic (exact) mass is 186 g/mol. The Hall–Kier alpha value is -1.04. The van der Waals surface area contributed by atoms with Crippen LogP contribution in [0.1, 0.15) is 12.7 Å². The Labute approximate surface area is 75.7 Å². The van der Waals surface area contributed by atoms with Crippen molar-refractivity contribution < 1.29 is 4.74 Å². The Morgan fingerprint density at radius 3 is 2.92 bits per heavy atom. The van der Waals surface area contributed by atoms with Crippen molar-refractivity contribution in [1.82, 2.24) is 20.2 Å². The average molecular weight is 186 g/mol. The summed E-state index contributed by atoms with van der Waals surface area (Å²) in [6.07, 6.45) is 0.641. The first-order chi connectivity index (χ1) is 5.68. The van der Waals surface area contributed by atoms with Gasteiger partial charge in [-0.15, -0.1) is 10.2 Å². The SMILES string of the molecule is CC(=S)OCCc1nnn(C)n1. The van der Waals surface area contributed by atoms with Crippen molar-refractivity contribution in [2.75, 3.05) is 6.61 Å². The van der Waals surface area contributed by atoms with E-state index in [4.69, 9.17) is 17.0 Å². The Kier molecular flexibility index (Phi) is 3.09. The van der Waals surface area contributed by atoms with Crippen LogP contribution < -0.4 is 0 Å². The van der Waals surface area contributed by atoms with Gasteiger partial charge in [-0.1, -0.05) is 0 Å². The van der Waals surface area contributed by atoms with E-state index in [0.717, 1.165) is 0 Å². The number of thiocarbonyl (C=S) groups is 1. The maximum absolute atomic E-state index is 5.07. The number of hydrogen-bond acceptors (Lipinski definition) is 5. The summed E-state index contributed by atoms with van der Waals surface area (Å²) in [5.74, 6) is 0.675. The molecule has 0 aliphatic carbocycles. The van der Waals surface area contributed by atoms with Gasteiger partial charge < -0.3 is 4.74 Å². The molecule has 0 amide bonds. The van der Waals surface area contributed by atoms with Gasteiger partial charge in [-0.25, -0.2) is 0 Å². The Morgan fingerprint density at radius 2 is 2.42 bits per heavy atom. The molecular formula is C6H10N4OS. The molecule has 1 heterocycles. The van der Waals surface area contributed by atoms with Gasteiger partial charge in [0.05, 0.1) is 13.7 Å². The first kappa shape index (κ1) is 9.05. The quantitative estimate of drug-likeness (QED) is 0.627. The lowest BCUT2D eigenvalue weighted by Crippen LogP contribution is -2.03. The minimum Gasteiger partial charge on any atom is -0.487 e. The number of aromatic nitrogens is 4. The number of tetrazole rings is 1. The Bertz CT molecular complexity index is 272. The van der Waals surface area contributed by atoms with Crippen LogP contribution in [0.2, 0.25) is 0 Å². The van der Waals surface area contributed by atoms with Crippen LogP contribution in [0.3, 0.4) is 0 Å². The molecule has 5 nitrogen and oxygen atoms in total. The molecule has 0 unspecified atom stereocenters. The summed E-state index contributed by atoms with van der Waals surface area (Å²) in [4.78, 5) is 1.42. The third-order valence-electron chi connectivity index (χ3n) is 1.18. The molecule has 0 aliphatic rings. The van der Waals surface area contributed by atoms with Gasteiger partial charge in [0.15, 0.2) is 10.9 Å². The molecule has 1 aromatic heterocycles. The Balaban J connectivity index is 2.29. The minimum absolute atomic E-state index is 0.515. The van der Waals surface area contributed by atoms with Crippen LogP contribution >= 0.6 is 12.2 Å². The fourth-order valence-corrected chi connectivity index (χ4v) is 0.793. The lowest BCUT2D eigenvalue weighted by atomic mass is 10.4. The summed E-state index contributed by atoms with van der Waals surface area (Å²) in [7, 11) is 1.72. The highest BCUT2D eigenvalue weighted by atomic mass is 32.1. The second kappa shape index (κ2) is 4.10. The molecule has 0 N–H and O–H groups in total. The third kappa shape index (κ3) is 2.91. The zero-order valence-electron chi connectivity index (χ0n) is 7.02. The van der Waals surface area contributed by atoms with Gasteiger partial charge in [-0.05, 0) is 17.4 Å². The number of rotatable bonds is 3. The summed E-state index contributed by atoms with van der Waals surface area (Å²) in [6, 6.07) is 0. The summed E-state index contributed by atoms with van der Waals surface area (Å²) in [5.41, 5.74) is 0. The van der Waals surface area contributed by atoms with Crippen molar-refractivity contribution >= 4 is 17.3 Å². The summed E-state index contributed by atoms with van der Waals surface area (Å²) in [5, 5.41) is 12.0. The minimum atomic E-state index is 0.515. The van der Waals surface area contributed by atoms with E-state index in [0.29, 0.717) is 23.9 Å². The van der Waals surface area contributed by atoms with Crippen molar-refractivity contribution in [3.63, 3.8) is 0 Å². The van der Waals surface area contributed by atoms with E-state index in [2.05, 4.69) is 15.4 Å². The van der Waals surface area contributed by atoms with Crippen LogP contribution in [0.25, 0.3) is 0 Å². The van der Waals surface area contributed by atoms with Gasteiger partial charge in [0.2, 0.25) is 0 Å². The van der Waals surface area contributed by atoms with E-state index in [1.165, 1.54) is 4.80 Å². The van der Waals surface area contributed by atoms with Crippen LogP contribution in [0.5, 0.6) is 0 Å². The van der Waals surface area contributed by atoms with E-state index in [-0.39, 0.29) is 0 Å².